The molecule has 3 aromatic rings. The average molecular weight is 375 g/mol. The Labute approximate surface area is 150 Å². The molecule has 6 nitrogen and oxygen atoms in total. The highest BCUT2D eigenvalue weighted by molar-refractivity contribution is 7.89. The van der Waals surface area contributed by atoms with Crippen molar-refractivity contribution >= 4 is 42.6 Å². The Balaban J connectivity index is 1.85. The van der Waals surface area contributed by atoms with E-state index in [4.69, 9.17) is 0 Å². The van der Waals surface area contributed by atoms with E-state index in [-0.39, 0.29) is 10.8 Å². The number of benzene rings is 2. The fourth-order valence-corrected chi connectivity index (χ4v) is 4.04. The van der Waals surface area contributed by atoms with Crippen LogP contribution in [0.4, 0.5) is 5.13 Å². The summed E-state index contributed by atoms with van der Waals surface area (Å²) < 4.78 is 26.7. The highest BCUT2D eigenvalue weighted by atomic mass is 32.2. The van der Waals surface area contributed by atoms with Crippen LogP contribution in [0.25, 0.3) is 10.2 Å². The molecular formula is C17H17N3O3S2. The number of nitrogens with one attached hydrogen (secondary N) is 2. The third-order valence-corrected chi connectivity index (χ3v) is 6.13. The zero-order valence-corrected chi connectivity index (χ0v) is 15.4. The van der Waals surface area contributed by atoms with Gasteiger partial charge in [-0.1, -0.05) is 30.4 Å². The molecule has 1 heterocycles. The molecule has 0 radical (unpaired) electrons. The van der Waals surface area contributed by atoms with Gasteiger partial charge >= 0.3 is 0 Å². The average Bonchev–Trinajstić information content (AvgIpc) is 3.03. The summed E-state index contributed by atoms with van der Waals surface area (Å²) in [6.45, 7) is 2.05. The van der Waals surface area contributed by atoms with Crippen LogP contribution in [0.3, 0.4) is 0 Å². The number of nitrogens with zero attached hydrogens (tertiary/aromatic N) is 1. The topological polar surface area (TPSA) is 88.2 Å². The molecule has 130 valence electrons. The van der Waals surface area contributed by atoms with Gasteiger partial charge in [-0.05, 0) is 49.4 Å². The normalized spacial score (nSPS) is 11.6. The van der Waals surface area contributed by atoms with Crippen LogP contribution in [0, 0.1) is 0 Å². The van der Waals surface area contributed by atoms with E-state index in [9.17, 15) is 13.2 Å². The smallest absolute Gasteiger partial charge is 0.257 e. The van der Waals surface area contributed by atoms with E-state index in [1.807, 2.05) is 12.1 Å². The zero-order valence-electron chi connectivity index (χ0n) is 13.7. The van der Waals surface area contributed by atoms with Crippen LogP contribution in [0.1, 0.15) is 22.8 Å². The Kier molecular flexibility index (Phi) is 4.85. The largest absolute Gasteiger partial charge is 0.298 e. The highest BCUT2D eigenvalue weighted by Gasteiger charge is 2.15. The number of sulfonamides is 1. The SMILES string of the molecule is CCc1ccc(C(=O)Nc2nc3ccc(S(=O)(=O)NC)cc3s2)cc1. The van der Waals surface area contributed by atoms with Crippen molar-refractivity contribution in [3.63, 3.8) is 0 Å². The summed E-state index contributed by atoms with van der Waals surface area (Å²) in [5, 5.41) is 3.19. The molecule has 0 atom stereocenters. The maximum absolute atomic E-state index is 12.3. The highest BCUT2D eigenvalue weighted by Crippen LogP contribution is 2.28. The van der Waals surface area contributed by atoms with Crippen molar-refractivity contribution in [1.82, 2.24) is 9.71 Å². The van der Waals surface area contributed by atoms with E-state index >= 15 is 0 Å². The monoisotopic (exact) mass is 375 g/mol. The molecule has 0 aliphatic heterocycles. The number of anilines is 1. The number of carbonyl (C=O) groups excluding carboxylic acids is 1. The summed E-state index contributed by atoms with van der Waals surface area (Å²) in [5.74, 6) is -0.246. The van der Waals surface area contributed by atoms with Gasteiger partial charge in [-0.15, -0.1) is 0 Å². The standard InChI is InChI=1S/C17H17N3O3S2/c1-3-11-4-6-12(7-5-11)16(21)20-17-19-14-9-8-13(10-15(14)24-17)25(22,23)18-2/h4-10,18H,3H2,1-2H3,(H,19,20,21). The zero-order chi connectivity index (χ0) is 18.0. The molecule has 0 fully saturated rings. The molecule has 2 N–H and O–H groups in total. The number of carbonyl (C=O) groups is 1. The molecule has 2 aromatic carbocycles. The lowest BCUT2D eigenvalue weighted by Gasteiger charge is -2.02. The number of amides is 1. The van der Waals surface area contributed by atoms with E-state index in [1.54, 1.807) is 24.3 Å². The van der Waals surface area contributed by atoms with Crippen LogP contribution in [0.15, 0.2) is 47.4 Å². The van der Waals surface area contributed by atoms with Gasteiger partial charge in [0.1, 0.15) is 0 Å². The molecule has 0 aliphatic rings. The lowest BCUT2D eigenvalue weighted by molar-refractivity contribution is 0.102. The van der Waals surface area contributed by atoms with Crippen LogP contribution < -0.4 is 10.0 Å². The van der Waals surface area contributed by atoms with E-state index in [2.05, 4.69) is 21.9 Å². The molecule has 0 saturated heterocycles. The number of aryl methyl sites for hydroxylation is 1. The molecule has 0 bridgehead atoms. The molecule has 1 aromatic heterocycles. The van der Waals surface area contributed by atoms with Crippen LogP contribution in [0.2, 0.25) is 0 Å². The van der Waals surface area contributed by atoms with Crippen LogP contribution in [0.5, 0.6) is 0 Å². The van der Waals surface area contributed by atoms with E-state index in [0.717, 1.165) is 12.0 Å². The molecule has 0 spiro atoms. The lowest BCUT2D eigenvalue weighted by atomic mass is 10.1. The minimum atomic E-state index is -3.51. The second kappa shape index (κ2) is 6.91. The second-order valence-electron chi connectivity index (χ2n) is 5.36. The van der Waals surface area contributed by atoms with Crippen LogP contribution in [-0.2, 0) is 16.4 Å². The van der Waals surface area contributed by atoms with Crippen LogP contribution in [-0.4, -0.2) is 26.4 Å². The van der Waals surface area contributed by atoms with Crippen molar-refractivity contribution in [2.45, 2.75) is 18.2 Å². The fourth-order valence-electron chi connectivity index (χ4n) is 2.30. The van der Waals surface area contributed by atoms with Crippen molar-refractivity contribution in [3.05, 3.63) is 53.6 Å². The van der Waals surface area contributed by atoms with Gasteiger partial charge < -0.3 is 0 Å². The summed E-state index contributed by atoms with van der Waals surface area (Å²) in [5.41, 5.74) is 2.35. The van der Waals surface area contributed by atoms with Crippen molar-refractivity contribution in [3.8, 4) is 0 Å². The first-order valence-corrected chi connectivity index (χ1v) is 9.97. The van der Waals surface area contributed by atoms with Gasteiger partial charge in [-0.3, -0.25) is 10.1 Å². The van der Waals surface area contributed by atoms with Gasteiger partial charge in [0.25, 0.3) is 5.91 Å². The Hall–Kier alpha value is -2.29. The van der Waals surface area contributed by atoms with Crippen molar-refractivity contribution in [1.29, 1.82) is 0 Å². The van der Waals surface area contributed by atoms with E-state index in [1.165, 1.54) is 24.5 Å². The van der Waals surface area contributed by atoms with Crippen molar-refractivity contribution in [2.75, 3.05) is 12.4 Å². The molecular weight excluding hydrogens is 358 g/mol. The number of thiazole rings is 1. The second-order valence-corrected chi connectivity index (χ2v) is 8.28. The number of aromatic nitrogens is 1. The Morgan fingerprint density at radius 2 is 1.88 bits per heavy atom. The lowest BCUT2D eigenvalue weighted by Crippen LogP contribution is -2.18. The predicted molar refractivity (Wildman–Crippen MR) is 99.6 cm³/mol. The van der Waals surface area contributed by atoms with Crippen molar-refractivity contribution in [2.24, 2.45) is 0 Å². The molecule has 25 heavy (non-hydrogen) atoms. The third-order valence-electron chi connectivity index (χ3n) is 3.78. The maximum Gasteiger partial charge on any atom is 0.257 e. The maximum atomic E-state index is 12.3. The number of fused-ring (bicyclic) bond motifs is 1. The van der Waals surface area contributed by atoms with Crippen LogP contribution >= 0.6 is 11.3 Å². The first kappa shape index (κ1) is 17.5. The van der Waals surface area contributed by atoms with Crippen molar-refractivity contribution < 1.29 is 13.2 Å². The third kappa shape index (κ3) is 3.71. The van der Waals surface area contributed by atoms with E-state index in [0.29, 0.717) is 20.9 Å². The Morgan fingerprint density at radius 1 is 1.16 bits per heavy atom. The molecule has 0 unspecified atom stereocenters. The van der Waals surface area contributed by atoms with Gasteiger partial charge in [-0.25, -0.2) is 18.1 Å². The summed E-state index contributed by atoms with van der Waals surface area (Å²) in [6, 6.07) is 12.1. The summed E-state index contributed by atoms with van der Waals surface area (Å²) in [4.78, 5) is 16.8. The summed E-state index contributed by atoms with van der Waals surface area (Å²) in [6.07, 6.45) is 0.914. The molecule has 1 amide bonds. The quantitative estimate of drug-likeness (QED) is 0.717. The minimum absolute atomic E-state index is 0.166. The molecule has 3 rings (SSSR count). The summed E-state index contributed by atoms with van der Waals surface area (Å²) in [7, 11) is -2.15. The Bertz CT molecular complexity index is 1020. The van der Waals surface area contributed by atoms with Gasteiger partial charge in [0.15, 0.2) is 5.13 Å². The van der Waals surface area contributed by atoms with E-state index < -0.39 is 10.0 Å². The van der Waals surface area contributed by atoms with Gasteiger partial charge in [0, 0.05) is 5.56 Å². The predicted octanol–water partition coefficient (Wildman–Crippen LogP) is 3.02. The fraction of sp³-hybridized carbons (Fsp3) is 0.176. The van der Waals surface area contributed by atoms with Gasteiger partial charge in [0.2, 0.25) is 10.0 Å². The summed E-state index contributed by atoms with van der Waals surface area (Å²) >= 11 is 1.23. The van der Waals surface area contributed by atoms with Gasteiger partial charge in [-0.2, -0.15) is 0 Å². The first-order valence-electron chi connectivity index (χ1n) is 7.67. The first-order chi connectivity index (χ1) is 11.9. The number of rotatable bonds is 5. The van der Waals surface area contributed by atoms with Gasteiger partial charge in [0.05, 0.1) is 15.1 Å². The number of hydrogen-bond acceptors (Lipinski definition) is 5. The molecule has 8 heteroatoms. The minimum Gasteiger partial charge on any atom is -0.298 e. The number of hydrogen-bond donors (Lipinski definition) is 2. The molecule has 0 saturated carbocycles. The Morgan fingerprint density at radius 3 is 2.52 bits per heavy atom. The molecule has 0 aliphatic carbocycles.